The van der Waals surface area contributed by atoms with Gasteiger partial charge in [0.25, 0.3) is 0 Å². The summed E-state index contributed by atoms with van der Waals surface area (Å²) in [6, 6.07) is 11.7. The summed E-state index contributed by atoms with van der Waals surface area (Å²) in [5.74, 6) is 0. The fraction of sp³-hybridized carbons (Fsp3) is 0.700. The van der Waals surface area contributed by atoms with Crippen molar-refractivity contribution in [3.63, 3.8) is 0 Å². The van der Waals surface area contributed by atoms with Crippen molar-refractivity contribution in [1.82, 2.24) is 14.7 Å². The van der Waals surface area contributed by atoms with Gasteiger partial charge in [-0.15, -0.1) is 0 Å². The van der Waals surface area contributed by atoms with Crippen molar-refractivity contribution in [3.05, 3.63) is 35.9 Å². The van der Waals surface area contributed by atoms with Gasteiger partial charge in [-0.25, -0.2) is 0 Å². The zero-order chi connectivity index (χ0) is 15.9. The lowest BCUT2D eigenvalue weighted by Gasteiger charge is -2.42. The molecule has 0 saturated carbocycles. The highest BCUT2D eigenvalue weighted by Crippen LogP contribution is 2.20. The van der Waals surface area contributed by atoms with Crippen LogP contribution in [0.3, 0.4) is 0 Å². The summed E-state index contributed by atoms with van der Waals surface area (Å²) in [6.45, 7) is 12.4. The van der Waals surface area contributed by atoms with Crippen LogP contribution in [0, 0.1) is 0 Å². The third-order valence-electron chi connectivity index (χ3n) is 5.56. The van der Waals surface area contributed by atoms with Crippen LogP contribution in [0.4, 0.5) is 0 Å². The smallest absolute Gasteiger partial charge is 0.0233 e. The Hall–Kier alpha value is -0.900. The Morgan fingerprint density at radius 3 is 2.22 bits per heavy atom. The quantitative estimate of drug-likeness (QED) is 0.799. The van der Waals surface area contributed by atoms with Gasteiger partial charge in [-0.3, -0.25) is 9.80 Å². The molecule has 128 valence electrons. The minimum Gasteiger partial charge on any atom is -0.301 e. The van der Waals surface area contributed by atoms with Crippen molar-refractivity contribution in [1.29, 1.82) is 0 Å². The van der Waals surface area contributed by atoms with Crippen LogP contribution in [0.5, 0.6) is 0 Å². The second-order valence-electron chi connectivity index (χ2n) is 7.22. The second kappa shape index (κ2) is 8.81. The number of piperazine rings is 1. The molecule has 1 aromatic carbocycles. The van der Waals surface area contributed by atoms with E-state index in [1.807, 2.05) is 0 Å². The highest BCUT2D eigenvalue weighted by atomic mass is 15.3. The molecule has 0 N–H and O–H groups in total. The summed E-state index contributed by atoms with van der Waals surface area (Å²) in [4.78, 5) is 8.05. The van der Waals surface area contributed by atoms with E-state index in [0.29, 0.717) is 0 Å². The number of unbranched alkanes of at least 4 members (excludes halogenated alkanes) is 1. The maximum atomic E-state index is 2.77. The summed E-state index contributed by atoms with van der Waals surface area (Å²) in [5.41, 5.74) is 1.45. The van der Waals surface area contributed by atoms with Gasteiger partial charge >= 0.3 is 0 Å². The largest absolute Gasteiger partial charge is 0.301 e. The zero-order valence-electron chi connectivity index (χ0n) is 14.8. The molecule has 1 aromatic rings. The SMILES string of the molecule is CCCCN1CCN(C2CCN(Cc3ccccc3)CC2)CC1. The number of nitrogens with zero attached hydrogens (tertiary/aromatic N) is 3. The molecular formula is C20H33N3. The first-order chi connectivity index (χ1) is 11.3. The van der Waals surface area contributed by atoms with E-state index in [1.54, 1.807) is 0 Å². The van der Waals surface area contributed by atoms with Crippen molar-refractivity contribution < 1.29 is 0 Å². The Labute approximate surface area is 142 Å². The van der Waals surface area contributed by atoms with E-state index in [1.165, 1.54) is 77.1 Å². The zero-order valence-corrected chi connectivity index (χ0v) is 14.8. The molecule has 2 aliphatic heterocycles. The van der Waals surface area contributed by atoms with Crippen LogP contribution >= 0.6 is 0 Å². The number of hydrogen-bond acceptors (Lipinski definition) is 3. The fourth-order valence-electron chi connectivity index (χ4n) is 4.02. The van der Waals surface area contributed by atoms with Gasteiger partial charge < -0.3 is 4.90 Å². The molecule has 2 saturated heterocycles. The molecule has 0 amide bonds. The van der Waals surface area contributed by atoms with Gasteiger partial charge in [0.1, 0.15) is 0 Å². The number of likely N-dealkylation sites (tertiary alicyclic amines) is 1. The van der Waals surface area contributed by atoms with Crippen molar-refractivity contribution >= 4 is 0 Å². The van der Waals surface area contributed by atoms with E-state index in [2.05, 4.69) is 52.0 Å². The highest BCUT2D eigenvalue weighted by Gasteiger charge is 2.27. The van der Waals surface area contributed by atoms with Gasteiger partial charge in [0.15, 0.2) is 0 Å². The standard InChI is InChI=1S/C20H33N3/c1-2-3-11-21-14-16-23(17-15-21)20-9-12-22(13-10-20)18-19-7-5-4-6-8-19/h4-8,20H,2-3,9-18H2,1H3. The lowest BCUT2D eigenvalue weighted by molar-refractivity contribution is 0.0571. The van der Waals surface area contributed by atoms with Gasteiger partial charge in [-0.2, -0.15) is 0 Å². The van der Waals surface area contributed by atoms with Crippen molar-refractivity contribution in [2.45, 2.75) is 45.2 Å². The molecule has 2 aliphatic rings. The van der Waals surface area contributed by atoms with Crippen molar-refractivity contribution in [2.24, 2.45) is 0 Å². The topological polar surface area (TPSA) is 9.72 Å². The van der Waals surface area contributed by atoms with Crippen LogP contribution in [0.1, 0.15) is 38.2 Å². The average Bonchev–Trinajstić information content (AvgIpc) is 2.62. The predicted molar refractivity (Wildman–Crippen MR) is 97.7 cm³/mol. The maximum absolute atomic E-state index is 2.77. The maximum Gasteiger partial charge on any atom is 0.0233 e. The molecule has 3 heteroatoms. The van der Waals surface area contributed by atoms with Crippen molar-refractivity contribution in [2.75, 3.05) is 45.8 Å². The van der Waals surface area contributed by atoms with Gasteiger partial charge in [-0.1, -0.05) is 43.7 Å². The van der Waals surface area contributed by atoms with Crippen molar-refractivity contribution in [3.8, 4) is 0 Å². The first-order valence-corrected chi connectivity index (χ1v) is 9.58. The first kappa shape index (κ1) is 16.9. The van der Waals surface area contributed by atoms with Crippen LogP contribution < -0.4 is 0 Å². The van der Waals surface area contributed by atoms with E-state index < -0.39 is 0 Å². The molecule has 0 aromatic heterocycles. The van der Waals surface area contributed by atoms with Gasteiger partial charge in [0, 0.05) is 38.8 Å². The molecule has 0 aliphatic carbocycles. The molecule has 2 heterocycles. The third kappa shape index (κ3) is 5.03. The summed E-state index contributed by atoms with van der Waals surface area (Å²) in [5, 5.41) is 0. The van der Waals surface area contributed by atoms with Crippen LogP contribution in [-0.4, -0.2) is 66.6 Å². The number of hydrogen-bond donors (Lipinski definition) is 0. The predicted octanol–water partition coefficient (Wildman–Crippen LogP) is 3.07. The van der Waals surface area contributed by atoms with E-state index >= 15 is 0 Å². The summed E-state index contributed by atoms with van der Waals surface area (Å²) >= 11 is 0. The molecule has 2 fully saturated rings. The summed E-state index contributed by atoms with van der Waals surface area (Å²) in [7, 11) is 0. The molecule has 3 rings (SSSR count). The fourth-order valence-corrected chi connectivity index (χ4v) is 4.02. The Morgan fingerprint density at radius 2 is 1.57 bits per heavy atom. The summed E-state index contributed by atoms with van der Waals surface area (Å²) < 4.78 is 0. The van der Waals surface area contributed by atoms with Gasteiger partial charge in [-0.05, 0) is 44.5 Å². The highest BCUT2D eigenvalue weighted by molar-refractivity contribution is 5.14. The number of rotatable bonds is 6. The Morgan fingerprint density at radius 1 is 0.870 bits per heavy atom. The lowest BCUT2D eigenvalue weighted by Crippen LogP contribution is -2.53. The average molecular weight is 316 g/mol. The van der Waals surface area contributed by atoms with E-state index in [4.69, 9.17) is 0 Å². The molecule has 0 radical (unpaired) electrons. The van der Waals surface area contributed by atoms with E-state index in [0.717, 1.165) is 12.6 Å². The number of benzene rings is 1. The molecule has 0 atom stereocenters. The number of piperidine rings is 1. The normalized spacial score (nSPS) is 22.5. The molecular weight excluding hydrogens is 282 g/mol. The second-order valence-corrected chi connectivity index (χ2v) is 7.22. The van der Waals surface area contributed by atoms with Crippen LogP contribution in [0.25, 0.3) is 0 Å². The molecule has 0 unspecified atom stereocenters. The minimum atomic E-state index is 0.829. The van der Waals surface area contributed by atoms with Gasteiger partial charge in [0.2, 0.25) is 0 Å². The van der Waals surface area contributed by atoms with Crippen LogP contribution in [-0.2, 0) is 6.54 Å². The van der Waals surface area contributed by atoms with Gasteiger partial charge in [0.05, 0.1) is 0 Å². The molecule has 3 nitrogen and oxygen atoms in total. The van der Waals surface area contributed by atoms with Crippen LogP contribution in [0.15, 0.2) is 30.3 Å². The lowest BCUT2D eigenvalue weighted by atomic mass is 10.0. The Kier molecular flexibility index (Phi) is 6.49. The van der Waals surface area contributed by atoms with E-state index in [-0.39, 0.29) is 0 Å². The minimum absolute atomic E-state index is 0.829. The monoisotopic (exact) mass is 315 g/mol. The Bertz CT molecular complexity index is 431. The summed E-state index contributed by atoms with van der Waals surface area (Å²) in [6.07, 6.45) is 5.38. The van der Waals surface area contributed by atoms with E-state index in [9.17, 15) is 0 Å². The first-order valence-electron chi connectivity index (χ1n) is 9.58. The molecule has 0 bridgehead atoms. The third-order valence-corrected chi connectivity index (χ3v) is 5.56. The Balaban J connectivity index is 1.38. The van der Waals surface area contributed by atoms with Crippen LogP contribution in [0.2, 0.25) is 0 Å². The molecule has 23 heavy (non-hydrogen) atoms. The molecule has 0 spiro atoms.